The van der Waals surface area contributed by atoms with Crippen LogP contribution in [0.25, 0.3) is 0 Å². The summed E-state index contributed by atoms with van der Waals surface area (Å²) in [5.74, 6) is 3.27. The van der Waals surface area contributed by atoms with Gasteiger partial charge in [-0.05, 0) is 7.05 Å². The summed E-state index contributed by atoms with van der Waals surface area (Å²) < 4.78 is 0. The molecular formula is C13H22N4S. The highest BCUT2D eigenvalue weighted by atomic mass is 32.2. The second-order valence-electron chi connectivity index (χ2n) is 5.06. The molecule has 5 heteroatoms. The van der Waals surface area contributed by atoms with E-state index in [2.05, 4.69) is 41.1 Å². The summed E-state index contributed by atoms with van der Waals surface area (Å²) in [6.07, 6.45) is 3.90. The third kappa shape index (κ3) is 3.67. The molecule has 1 fully saturated rings. The number of hydrogen-bond acceptors (Lipinski definition) is 5. The van der Waals surface area contributed by atoms with Gasteiger partial charge in [0, 0.05) is 48.6 Å². The van der Waals surface area contributed by atoms with Crippen LogP contribution in [0, 0.1) is 0 Å². The second-order valence-corrected chi connectivity index (χ2v) is 6.21. The van der Waals surface area contributed by atoms with E-state index in [0.29, 0.717) is 12.1 Å². The lowest BCUT2D eigenvalue weighted by molar-refractivity contribution is 0.264. The van der Waals surface area contributed by atoms with Gasteiger partial charge in [-0.2, -0.15) is 11.8 Å². The fraction of sp³-hybridized carbons (Fsp3) is 0.692. The summed E-state index contributed by atoms with van der Waals surface area (Å²) in [4.78, 5) is 11.4. The Balaban J connectivity index is 1.98. The Hall–Kier alpha value is -0.650. The van der Waals surface area contributed by atoms with Crippen molar-refractivity contribution in [1.82, 2.24) is 20.2 Å². The monoisotopic (exact) mass is 266 g/mol. The largest absolute Gasteiger partial charge is 0.310 e. The van der Waals surface area contributed by atoms with E-state index in [1.165, 1.54) is 5.75 Å². The Morgan fingerprint density at radius 1 is 1.44 bits per heavy atom. The summed E-state index contributed by atoms with van der Waals surface area (Å²) in [6.45, 7) is 6.25. The van der Waals surface area contributed by atoms with Crippen LogP contribution in [-0.4, -0.2) is 46.0 Å². The van der Waals surface area contributed by atoms with Crippen LogP contribution in [0.4, 0.5) is 0 Å². The summed E-state index contributed by atoms with van der Waals surface area (Å²) in [5, 5.41) is 3.38. The van der Waals surface area contributed by atoms with Crippen LogP contribution in [0.15, 0.2) is 12.4 Å². The number of thioether (sulfide) groups is 1. The Kier molecular flexibility index (Phi) is 4.97. The third-order valence-electron chi connectivity index (χ3n) is 3.13. The van der Waals surface area contributed by atoms with Crippen molar-refractivity contribution in [3.05, 3.63) is 23.8 Å². The predicted molar refractivity (Wildman–Crippen MR) is 76.7 cm³/mol. The summed E-state index contributed by atoms with van der Waals surface area (Å²) in [7, 11) is 2.15. The molecular weight excluding hydrogens is 244 g/mol. The van der Waals surface area contributed by atoms with Gasteiger partial charge in [0.2, 0.25) is 0 Å². The van der Waals surface area contributed by atoms with Crippen molar-refractivity contribution in [1.29, 1.82) is 0 Å². The Labute approximate surface area is 114 Å². The summed E-state index contributed by atoms with van der Waals surface area (Å²) in [5.41, 5.74) is 1.15. The van der Waals surface area contributed by atoms with Gasteiger partial charge < -0.3 is 5.32 Å². The van der Waals surface area contributed by atoms with Crippen molar-refractivity contribution in [3.8, 4) is 0 Å². The molecule has 0 aliphatic carbocycles. The van der Waals surface area contributed by atoms with E-state index in [-0.39, 0.29) is 0 Å². The first-order valence-electron chi connectivity index (χ1n) is 6.49. The first-order chi connectivity index (χ1) is 8.66. The summed E-state index contributed by atoms with van der Waals surface area (Å²) >= 11 is 1.99. The van der Waals surface area contributed by atoms with Crippen molar-refractivity contribution in [2.24, 2.45) is 0 Å². The first-order valence-corrected chi connectivity index (χ1v) is 7.64. The van der Waals surface area contributed by atoms with Gasteiger partial charge in [0.05, 0.1) is 6.04 Å². The highest BCUT2D eigenvalue weighted by Crippen LogP contribution is 2.25. The van der Waals surface area contributed by atoms with Crippen molar-refractivity contribution in [3.63, 3.8) is 0 Å². The van der Waals surface area contributed by atoms with Gasteiger partial charge >= 0.3 is 0 Å². The minimum Gasteiger partial charge on any atom is -0.310 e. The SMILES string of the molecule is CC(C)NCc1cnc(C2CSCCN2C)nc1. The van der Waals surface area contributed by atoms with E-state index in [0.717, 1.165) is 30.2 Å². The van der Waals surface area contributed by atoms with Gasteiger partial charge in [0.15, 0.2) is 0 Å². The molecule has 0 aromatic carbocycles. The van der Waals surface area contributed by atoms with Gasteiger partial charge in [-0.25, -0.2) is 9.97 Å². The average Bonchev–Trinajstić information content (AvgIpc) is 2.38. The highest BCUT2D eigenvalue weighted by molar-refractivity contribution is 7.99. The Morgan fingerprint density at radius 2 is 2.17 bits per heavy atom. The smallest absolute Gasteiger partial charge is 0.146 e. The topological polar surface area (TPSA) is 41.1 Å². The summed E-state index contributed by atoms with van der Waals surface area (Å²) in [6, 6.07) is 0.862. The van der Waals surface area contributed by atoms with Gasteiger partial charge in [-0.1, -0.05) is 13.8 Å². The van der Waals surface area contributed by atoms with Gasteiger partial charge in [-0.15, -0.1) is 0 Å². The second kappa shape index (κ2) is 6.50. The van der Waals surface area contributed by atoms with E-state index in [1.807, 2.05) is 24.2 Å². The predicted octanol–water partition coefficient (Wildman–Crippen LogP) is 1.69. The lowest BCUT2D eigenvalue weighted by atomic mass is 10.2. The van der Waals surface area contributed by atoms with E-state index >= 15 is 0 Å². The van der Waals surface area contributed by atoms with Crippen LogP contribution in [0.3, 0.4) is 0 Å². The van der Waals surface area contributed by atoms with Crippen LogP contribution in [0.1, 0.15) is 31.3 Å². The molecule has 1 unspecified atom stereocenters. The van der Waals surface area contributed by atoms with E-state index < -0.39 is 0 Å². The van der Waals surface area contributed by atoms with Gasteiger partial charge in [0.25, 0.3) is 0 Å². The van der Waals surface area contributed by atoms with Crippen LogP contribution in [0.5, 0.6) is 0 Å². The molecule has 100 valence electrons. The average molecular weight is 266 g/mol. The normalized spacial score (nSPS) is 21.4. The minimum absolute atomic E-state index is 0.371. The molecule has 1 N–H and O–H groups in total. The zero-order valence-electron chi connectivity index (χ0n) is 11.4. The van der Waals surface area contributed by atoms with Gasteiger partial charge in [0.1, 0.15) is 5.82 Å². The fourth-order valence-electron chi connectivity index (χ4n) is 1.91. The molecule has 2 rings (SSSR count). The molecule has 1 aliphatic heterocycles. The fourth-order valence-corrected chi connectivity index (χ4v) is 3.12. The Morgan fingerprint density at radius 3 is 2.78 bits per heavy atom. The number of aromatic nitrogens is 2. The number of nitrogens with zero attached hydrogens (tertiary/aromatic N) is 3. The molecule has 1 aromatic rings. The van der Waals surface area contributed by atoms with E-state index in [9.17, 15) is 0 Å². The molecule has 1 aromatic heterocycles. The maximum atomic E-state index is 4.52. The van der Waals surface area contributed by atoms with Gasteiger partial charge in [-0.3, -0.25) is 4.90 Å². The molecule has 0 saturated carbocycles. The molecule has 0 spiro atoms. The number of rotatable bonds is 4. The molecule has 0 bridgehead atoms. The molecule has 18 heavy (non-hydrogen) atoms. The molecule has 0 amide bonds. The van der Waals surface area contributed by atoms with Crippen molar-refractivity contribution in [2.45, 2.75) is 32.5 Å². The van der Waals surface area contributed by atoms with Crippen LogP contribution in [-0.2, 0) is 6.54 Å². The number of hydrogen-bond donors (Lipinski definition) is 1. The maximum absolute atomic E-state index is 4.52. The van der Waals surface area contributed by atoms with E-state index in [4.69, 9.17) is 0 Å². The molecule has 4 nitrogen and oxygen atoms in total. The first kappa shape index (κ1) is 13.8. The van der Waals surface area contributed by atoms with Crippen LogP contribution < -0.4 is 5.32 Å². The highest BCUT2D eigenvalue weighted by Gasteiger charge is 2.23. The lowest BCUT2D eigenvalue weighted by Crippen LogP contribution is -2.33. The quantitative estimate of drug-likeness (QED) is 0.898. The van der Waals surface area contributed by atoms with Crippen LogP contribution >= 0.6 is 11.8 Å². The standard InChI is InChI=1S/C13H22N4S/c1-10(2)14-6-11-7-15-13(16-8-11)12-9-18-5-4-17(12)3/h7-8,10,12,14H,4-6,9H2,1-3H3. The maximum Gasteiger partial charge on any atom is 0.146 e. The number of nitrogens with one attached hydrogen (secondary N) is 1. The molecule has 2 heterocycles. The van der Waals surface area contributed by atoms with Crippen molar-refractivity contribution < 1.29 is 0 Å². The van der Waals surface area contributed by atoms with E-state index in [1.54, 1.807) is 0 Å². The zero-order valence-corrected chi connectivity index (χ0v) is 12.2. The third-order valence-corrected chi connectivity index (χ3v) is 4.16. The lowest BCUT2D eigenvalue weighted by Gasteiger charge is -2.30. The van der Waals surface area contributed by atoms with Crippen molar-refractivity contribution in [2.75, 3.05) is 25.1 Å². The van der Waals surface area contributed by atoms with Crippen molar-refractivity contribution >= 4 is 11.8 Å². The molecule has 1 saturated heterocycles. The molecule has 1 atom stereocenters. The van der Waals surface area contributed by atoms with Crippen LogP contribution in [0.2, 0.25) is 0 Å². The molecule has 1 aliphatic rings. The minimum atomic E-state index is 0.371. The Bertz CT molecular complexity index is 366. The molecule has 0 radical (unpaired) electrons. The zero-order chi connectivity index (χ0) is 13.0.